The summed E-state index contributed by atoms with van der Waals surface area (Å²) in [5.41, 5.74) is 0.764. The summed E-state index contributed by atoms with van der Waals surface area (Å²) in [4.78, 5) is 16.3. The van der Waals surface area contributed by atoms with Crippen LogP contribution in [0.3, 0.4) is 0 Å². The number of rotatable bonds is 2. The molecule has 0 N–H and O–H groups in total. The second-order valence-electron chi connectivity index (χ2n) is 4.95. The lowest BCUT2D eigenvalue weighted by molar-refractivity contribution is 0.713. The molecule has 4 nitrogen and oxygen atoms in total. The van der Waals surface area contributed by atoms with Gasteiger partial charge in [-0.2, -0.15) is 9.78 Å². The van der Waals surface area contributed by atoms with E-state index in [0.717, 1.165) is 4.68 Å². The summed E-state index contributed by atoms with van der Waals surface area (Å²) in [6.07, 6.45) is 8.15. The highest BCUT2D eigenvalue weighted by Gasteiger charge is 2.17. The maximum absolute atomic E-state index is 12.0. The Hall–Kier alpha value is -1.39. The Morgan fingerprint density at radius 1 is 1.15 bits per heavy atom. The Balaban J connectivity index is 1.95. The van der Waals surface area contributed by atoms with Crippen molar-refractivity contribution in [1.29, 1.82) is 0 Å². The molecule has 104 valence electrons. The van der Waals surface area contributed by atoms with Gasteiger partial charge >= 0.3 is 0 Å². The third-order valence-corrected chi connectivity index (χ3v) is 4.44. The van der Waals surface area contributed by atoms with E-state index in [9.17, 15) is 4.79 Å². The van der Waals surface area contributed by atoms with Crippen molar-refractivity contribution in [1.82, 2.24) is 14.8 Å². The smallest absolute Gasteiger partial charge is 0.266 e. The molecule has 3 rings (SSSR count). The maximum Gasteiger partial charge on any atom is 0.293 e. The molecule has 0 spiro atoms. The molecule has 2 heterocycles. The zero-order valence-corrected chi connectivity index (χ0v) is 12.2. The van der Waals surface area contributed by atoms with E-state index in [-0.39, 0.29) is 10.0 Å². The fraction of sp³-hybridized carbons (Fsp3) is 0.357. The van der Waals surface area contributed by atoms with Gasteiger partial charge in [0, 0.05) is 6.20 Å². The summed E-state index contributed by atoms with van der Waals surface area (Å²) >= 11 is 11.6. The minimum absolute atomic E-state index is 0.0386. The van der Waals surface area contributed by atoms with Gasteiger partial charge in [0.1, 0.15) is 5.02 Å². The average Bonchev–Trinajstić information content (AvgIpc) is 3.00. The Labute approximate surface area is 126 Å². The highest BCUT2D eigenvalue weighted by Crippen LogP contribution is 2.33. The number of aromatic nitrogens is 3. The minimum atomic E-state index is -0.458. The highest BCUT2D eigenvalue weighted by atomic mass is 35.5. The second kappa shape index (κ2) is 5.54. The molecular weight excluding hydrogens is 297 g/mol. The predicted octanol–water partition coefficient (Wildman–Crippen LogP) is 3.59. The average molecular weight is 310 g/mol. The highest BCUT2D eigenvalue weighted by molar-refractivity contribution is 6.41. The molecular formula is C14H13Cl2N3O. The molecule has 0 aliphatic heterocycles. The van der Waals surface area contributed by atoms with Gasteiger partial charge in [0.05, 0.1) is 11.2 Å². The van der Waals surface area contributed by atoms with Gasteiger partial charge in [-0.25, -0.2) is 4.98 Å². The van der Waals surface area contributed by atoms with Crippen molar-refractivity contribution in [2.45, 2.75) is 31.6 Å². The van der Waals surface area contributed by atoms with Crippen molar-refractivity contribution in [3.05, 3.63) is 50.5 Å². The zero-order valence-electron chi connectivity index (χ0n) is 10.7. The molecule has 0 radical (unpaired) electrons. The number of hydrogen-bond acceptors (Lipinski definition) is 3. The Morgan fingerprint density at radius 3 is 2.55 bits per heavy atom. The molecule has 2 aromatic heterocycles. The monoisotopic (exact) mass is 309 g/mol. The summed E-state index contributed by atoms with van der Waals surface area (Å²) in [7, 11) is 0. The van der Waals surface area contributed by atoms with Gasteiger partial charge in [0.2, 0.25) is 0 Å². The predicted molar refractivity (Wildman–Crippen MR) is 78.9 cm³/mol. The third kappa shape index (κ3) is 2.45. The first-order chi connectivity index (χ1) is 9.66. The fourth-order valence-electron chi connectivity index (χ4n) is 2.60. The number of nitrogens with zero attached hydrogens (tertiary/aromatic N) is 3. The summed E-state index contributed by atoms with van der Waals surface area (Å²) in [5.74, 6) is 1.05. The Kier molecular flexibility index (Phi) is 3.76. The van der Waals surface area contributed by atoms with Gasteiger partial charge in [0.15, 0.2) is 5.82 Å². The molecule has 1 fully saturated rings. The van der Waals surface area contributed by atoms with Crippen molar-refractivity contribution in [2.75, 3.05) is 0 Å². The van der Waals surface area contributed by atoms with E-state index in [1.807, 2.05) is 12.3 Å². The van der Waals surface area contributed by atoms with Crippen molar-refractivity contribution in [3.8, 4) is 5.82 Å². The molecule has 1 aliphatic rings. The van der Waals surface area contributed by atoms with Gasteiger partial charge in [-0.3, -0.25) is 4.79 Å². The zero-order chi connectivity index (χ0) is 14.1. The van der Waals surface area contributed by atoms with Crippen molar-refractivity contribution < 1.29 is 0 Å². The number of hydrogen-bond donors (Lipinski definition) is 0. The van der Waals surface area contributed by atoms with Crippen LogP contribution >= 0.6 is 23.2 Å². The van der Waals surface area contributed by atoms with Crippen LogP contribution in [0.5, 0.6) is 0 Å². The van der Waals surface area contributed by atoms with Crippen LogP contribution in [0.4, 0.5) is 0 Å². The lowest BCUT2D eigenvalue weighted by atomic mass is 10.00. The van der Waals surface area contributed by atoms with E-state index in [1.165, 1.54) is 37.4 Å². The molecule has 0 atom stereocenters. The summed E-state index contributed by atoms with van der Waals surface area (Å²) in [6.45, 7) is 0. The maximum atomic E-state index is 12.0. The van der Waals surface area contributed by atoms with Crippen LogP contribution in [0.25, 0.3) is 5.82 Å². The van der Waals surface area contributed by atoms with Crippen LogP contribution in [0.1, 0.15) is 37.2 Å². The number of pyridine rings is 1. The van der Waals surface area contributed by atoms with Crippen LogP contribution < -0.4 is 5.56 Å². The summed E-state index contributed by atoms with van der Waals surface area (Å²) < 4.78 is 1.16. The second-order valence-corrected chi connectivity index (χ2v) is 5.74. The van der Waals surface area contributed by atoms with Crippen molar-refractivity contribution >= 4 is 23.2 Å². The third-order valence-electron chi connectivity index (χ3n) is 3.69. The molecule has 2 aromatic rings. The van der Waals surface area contributed by atoms with Gasteiger partial charge < -0.3 is 0 Å². The number of halogens is 2. The fourth-order valence-corrected chi connectivity index (χ4v) is 2.85. The van der Waals surface area contributed by atoms with E-state index >= 15 is 0 Å². The van der Waals surface area contributed by atoms with E-state index in [2.05, 4.69) is 10.1 Å². The van der Waals surface area contributed by atoms with E-state index in [1.54, 1.807) is 6.07 Å². The lowest BCUT2D eigenvalue weighted by Gasteiger charge is -2.10. The molecule has 1 saturated carbocycles. The molecule has 0 saturated heterocycles. The molecule has 0 amide bonds. The van der Waals surface area contributed by atoms with E-state index in [0.29, 0.717) is 11.7 Å². The lowest BCUT2D eigenvalue weighted by Crippen LogP contribution is -2.22. The van der Waals surface area contributed by atoms with Gasteiger partial charge in [-0.15, -0.1) is 0 Å². The first kappa shape index (κ1) is 13.6. The quantitative estimate of drug-likeness (QED) is 0.851. The van der Waals surface area contributed by atoms with Crippen LogP contribution in [-0.2, 0) is 0 Å². The van der Waals surface area contributed by atoms with Crippen LogP contribution in [0, 0.1) is 0 Å². The Morgan fingerprint density at radius 2 is 1.90 bits per heavy atom. The normalized spacial score (nSPS) is 15.7. The van der Waals surface area contributed by atoms with Crippen molar-refractivity contribution in [3.63, 3.8) is 0 Å². The molecule has 0 unspecified atom stereocenters. The van der Waals surface area contributed by atoms with Crippen LogP contribution in [0.2, 0.25) is 10.0 Å². The van der Waals surface area contributed by atoms with Gasteiger partial charge in [0.25, 0.3) is 5.56 Å². The molecule has 0 aromatic carbocycles. The molecule has 0 bridgehead atoms. The molecule has 20 heavy (non-hydrogen) atoms. The first-order valence-electron chi connectivity index (χ1n) is 6.56. The summed E-state index contributed by atoms with van der Waals surface area (Å²) in [6, 6.07) is 3.81. The standard InChI is InChI=1S/C14H13Cl2N3O/c15-11-8-18-19(14(20)13(11)16)12-6-5-10(7-17-12)9-3-1-2-4-9/h5-9H,1-4H2. The van der Waals surface area contributed by atoms with Crippen LogP contribution in [-0.4, -0.2) is 14.8 Å². The largest absolute Gasteiger partial charge is 0.293 e. The topological polar surface area (TPSA) is 47.8 Å². The van der Waals surface area contributed by atoms with Crippen molar-refractivity contribution in [2.24, 2.45) is 0 Å². The SMILES string of the molecule is O=c1c(Cl)c(Cl)cnn1-c1ccc(C2CCCC2)cn1. The molecule has 1 aliphatic carbocycles. The van der Waals surface area contributed by atoms with E-state index in [4.69, 9.17) is 23.2 Å². The Bertz CT molecular complexity index is 676. The first-order valence-corrected chi connectivity index (χ1v) is 7.32. The minimum Gasteiger partial charge on any atom is -0.266 e. The molecule has 6 heteroatoms. The van der Waals surface area contributed by atoms with E-state index < -0.39 is 5.56 Å². The van der Waals surface area contributed by atoms with Gasteiger partial charge in [-0.05, 0) is 30.4 Å². The van der Waals surface area contributed by atoms with Crippen LogP contribution in [0.15, 0.2) is 29.3 Å². The summed E-state index contributed by atoms with van der Waals surface area (Å²) in [5, 5.41) is 4.07. The van der Waals surface area contributed by atoms with Gasteiger partial charge in [-0.1, -0.05) is 42.1 Å².